The summed E-state index contributed by atoms with van der Waals surface area (Å²) in [6.07, 6.45) is 0. The van der Waals surface area contributed by atoms with Crippen LogP contribution < -0.4 is 0 Å². The van der Waals surface area contributed by atoms with Crippen LogP contribution in [0.25, 0.3) is 0 Å². The standard InChI is InChI=1S/C18H17ClN2O2/c1-12-20-16-6-4-3-5-15(16)18(21(12)11-17(22)23-2)13-7-9-14(19)10-8-13/h3-10,18H,11H2,1-2H3/t18-/m0/s1. The average Bonchev–Trinajstić information content (AvgIpc) is 2.56. The van der Waals surface area contributed by atoms with Gasteiger partial charge < -0.3 is 9.64 Å². The smallest absolute Gasteiger partial charge is 0.325 e. The molecule has 5 heteroatoms. The fraction of sp³-hybridized carbons (Fsp3) is 0.222. The van der Waals surface area contributed by atoms with Crippen molar-refractivity contribution in [1.29, 1.82) is 0 Å². The van der Waals surface area contributed by atoms with Gasteiger partial charge >= 0.3 is 5.97 Å². The second kappa shape index (κ2) is 6.42. The zero-order chi connectivity index (χ0) is 16.4. The van der Waals surface area contributed by atoms with E-state index in [1.54, 1.807) is 0 Å². The van der Waals surface area contributed by atoms with Gasteiger partial charge in [0.1, 0.15) is 12.4 Å². The highest BCUT2D eigenvalue weighted by Gasteiger charge is 2.30. The first kappa shape index (κ1) is 15.6. The summed E-state index contributed by atoms with van der Waals surface area (Å²) in [4.78, 5) is 18.4. The molecule has 0 bridgehead atoms. The molecule has 0 fully saturated rings. The van der Waals surface area contributed by atoms with Crippen molar-refractivity contribution in [2.45, 2.75) is 13.0 Å². The quantitative estimate of drug-likeness (QED) is 0.801. The van der Waals surface area contributed by atoms with Crippen molar-refractivity contribution in [2.75, 3.05) is 13.7 Å². The van der Waals surface area contributed by atoms with Gasteiger partial charge in [0.2, 0.25) is 0 Å². The highest BCUT2D eigenvalue weighted by molar-refractivity contribution is 6.30. The average molecular weight is 329 g/mol. The van der Waals surface area contributed by atoms with Gasteiger partial charge in [-0.05, 0) is 30.7 Å². The molecular weight excluding hydrogens is 312 g/mol. The molecule has 1 heterocycles. The lowest BCUT2D eigenvalue weighted by Crippen LogP contribution is -2.40. The number of hydrogen-bond donors (Lipinski definition) is 0. The number of para-hydroxylation sites is 1. The molecule has 3 rings (SSSR count). The summed E-state index contributed by atoms with van der Waals surface area (Å²) in [5.74, 6) is 0.493. The minimum atomic E-state index is -0.294. The molecule has 1 atom stereocenters. The number of methoxy groups -OCH3 is 1. The fourth-order valence-electron chi connectivity index (χ4n) is 2.83. The van der Waals surface area contributed by atoms with Gasteiger partial charge in [0.25, 0.3) is 0 Å². The van der Waals surface area contributed by atoms with E-state index in [4.69, 9.17) is 16.3 Å². The number of carbonyl (C=O) groups is 1. The van der Waals surface area contributed by atoms with Crippen LogP contribution in [0.1, 0.15) is 24.1 Å². The summed E-state index contributed by atoms with van der Waals surface area (Å²) < 4.78 is 4.84. The van der Waals surface area contributed by atoms with Crippen molar-refractivity contribution in [2.24, 2.45) is 4.99 Å². The number of benzene rings is 2. The second-order valence-corrected chi connectivity index (χ2v) is 5.81. The van der Waals surface area contributed by atoms with Crippen LogP contribution in [0.4, 0.5) is 5.69 Å². The Balaban J connectivity index is 2.10. The van der Waals surface area contributed by atoms with E-state index < -0.39 is 0 Å². The summed E-state index contributed by atoms with van der Waals surface area (Å²) in [6, 6.07) is 15.5. The highest BCUT2D eigenvalue weighted by atomic mass is 35.5. The van der Waals surface area contributed by atoms with Gasteiger partial charge in [-0.25, -0.2) is 4.99 Å². The van der Waals surface area contributed by atoms with Gasteiger partial charge in [-0.1, -0.05) is 41.9 Å². The highest BCUT2D eigenvalue weighted by Crippen LogP contribution is 2.39. The SMILES string of the molecule is COC(=O)CN1C(C)=Nc2ccccc2[C@@H]1c1ccc(Cl)cc1. The van der Waals surface area contributed by atoms with Crippen molar-refractivity contribution in [1.82, 2.24) is 4.90 Å². The molecule has 0 aliphatic carbocycles. The topological polar surface area (TPSA) is 41.9 Å². The zero-order valence-electron chi connectivity index (χ0n) is 13.0. The molecule has 0 saturated heterocycles. The van der Waals surface area contributed by atoms with Crippen LogP contribution in [0.2, 0.25) is 5.02 Å². The first-order chi connectivity index (χ1) is 11.1. The number of rotatable bonds is 3. The molecule has 0 aromatic heterocycles. The molecule has 0 amide bonds. The number of ether oxygens (including phenoxy) is 1. The number of halogens is 1. The summed E-state index contributed by atoms with van der Waals surface area (Å²) in [5.41, 5.74) is 3.04. The molecule has 4 nitrogen and oxygen atoms in total. The van der Waals surface area contributed by atoms with Crippen LogP contribution in [0, 0.1) is 0 Å². The van der Waals surface area contributed by atoms with Gasteiger partial charge in [0.15, 0.2) is 0 Å². The number of amidine groups is 1. The number of nitrogens with zero attached hydrogens (tertiary/aromatic N) is 2. The van der Waals surface area contributed by atoms with Crippen molar-refractivity contribution >= 4 is 29.1 Å². The summed E-state index contributed by atoms with van der Waals surface area (Å²) in [7, 11) is 1.39. The van der Waals surface area contributed by atoms with Gasteiger partial charge in [-0.3, -0.25) is 4.79 Å². The third-order valence-corrected chi connectivity index (χ3v) is 4.21. The van der Waals surface area contributed by atoms with Gasteiger partial charge in [-0.15, -0.1) is 0 Å². The molecule has 0 spiro atoms. The third-order valence-electron chi connectivity index (χ3n) is 3.95. The maximum Gasteiger partial charge on any atom is 0.325 e. The largest absolute Gasteiger partial charge is 0.468 e. The molecule has 0 N–H and O–H groups in total. The number of carbonyl (C=O) groups excluding carboxylic acids is 1. The van der Waals surface area contributed by atoms with E-state index in [1.165, 1.54) is 7.11 Å². The predicted molar refractivity (Wildman–Crippen MR) is 91.2 cm³/mol. The molecule has 23 heavy (non-hydrogen) atoms. The summed E-state index contributed by atoms with van der Waals surface area (Å²) in [5, 5.41) is 0.683. The van der Waals surface area contributed by atoms with Crippen molar-refractivity contribution in [3.05, 3.63) is 64.7 Å². The van der Waals surface area contributed by atoms with Gasteiger partial charge in [0.05, 0.1) is 18.8 Å². The molecule has 0 saturated carbocycles. The zero-order valence-corrected chi connectivity index (χ0v) is 13.7. The lowest BCUT2D eigenvalue weighted by Gasteiger charge is -2.36. The van der Waals surface area contributed by atoms with Crippen molar-refractivity contribution in [3.8, 4) is 0 Å². The number of hydrogen-bond acceptors (Lipinski definition) is 4. The van der Waals surface area contributed by atoms with E-state index in [-0.39, 0.29) is 18.6 Å². The number of esters is 1. The molecule has 0 unspecified atom stereocenters. The van der Waals surface area contributed by atoms with E-state index in [2.05, 4.69) is 4.99 Å². The third kappa shape index (κ3) is 3.08. The van der Waals surface area contributed by atoms with Crippen LogP contribution in [-0.2, 0) is 9.53 Å². The van der Waals surface area contributed by atoms with Crippen LogP contribution in [0.15, 0.2) is 53.5 Å². The maximum atomic E-state index is 11.8. The Kier molecular flexibility index (Phi) is 4.35. The molecule has 2 aromatic carbocycles. The Bertz CT molecular complexity index is 756. The van der Waals surface area contributed by atoms with E-state index in [0.29, 0.717) is 5.02 Å². The number of aliphatic imine (C=N–C) groups is 1. The fourth-order valence-corrected chi connectivity index (χ4v) is 2.95. The Morgan fingerprint density at radius 3 is 2.61 bits per heavy atom. The van der Waals surface area contributed by atoms with Crippen LogP contribution >= 0.6 is 11.6 Å². The van der Waals surface area contributed by atoms with Gasteiger partial charge in [-0.2, -0.15) is 0 Å². The monoisotopic (exact) mass is 328 g/mol. The van der Waals surface area contributed by atoms with Crippen LogP contribution in [0.3, 0.4) is 0 Å². The minimum absolute atomic E-state index is 0.0972. The Labute approximate surface area is 140 Å². The van der Waals surface area contributed by atoms with E-state index >= 15 is 0 Å². The molecule has 118 valence electrons. The van der Waals surface area contributed by atoms with Crippen LogP contribution in [-0.4, -0.2) is 30.4 Å². The molecule has 2 aromatic rings. The first-order valence-electron chi connectivity index (χ1n) is 7.33. The maximum absolute atomic E-state index is 11.8. The second-order valence-electron chi connectivity index (χ2n) is 5.38. The predicted octanol–water partition coefficient (Wildman–Crippen LogP) is 3.97. The molecule has 1 aliphatic heterocycles. The Hall–Kier alpha value is -2.33. The molecule has 1 aliphatic rings. The molecular formula is C18H17ClN2O2. The Morgan fingerprint density at radius 2 is 1.91 bits per heavy atom. The molecule has 0 radical (unpaired) electrons. The summed E-state index contributed by atoms with van der Waals surface area (Å²) >= 11 is 6.01. The van der Waals surface area contributed by atoms with Gasteiger partial charge in [0, 0.05) is 10.6 Å². The van der Waals surface area contributed by atoms with Crippen molar-refractivity contribution < 1.29 is 9.53 Å². The van der Waals surface area contributed by atoms with Crippen LogP contribution in [0.5, 0.6) is 0 Å². The van der Waals surface area contributed by atoms with E-state index in [0.717, 1.165) is 22.6 Å². The Morgan fingerprint density at radius 1 is 1.22 bits per heavy atom. The first-order valence-corrected chi connectivity index (χ1v) is 7.71. The van der Waals surface area contributed by atoms with Crippen molar-refractivity contribution in [3.63, 3.8) is 0 Å². The summed E-state index contributed by atoms with van der Waals surface area (Å²) in [6.45, 7) is 2.05. The lowest BCUT2D eigenvalue weighted by atomic mass is 9.94. The number of fused-ring (bicyclic) bond motifs is 1. The van der Waals surface area contributed by atoms with E-state index in [9.17, 15) is 4.79 Å². The minimum Gasteiger partial charge on any atom is -0.468 e. The lowest BCUT2D eigenvalue weighted by molar-refractivity contribution is -0.141. The van der Waals surface area contributed by atoms with E-state index in [1.807, 2.05) is 60.4 Å². The normalized spacial score (nSPS) is 16.6.